The highest BCUT2D eigenvalue weighted by Crippen LogP contribution is 2.17. The van der Waals surface area contributed by atoms with Gasteiger partial charge in [-0.05, 0) is 18.4 Å². The van der Waals surface area contributed by atoms with Crippen LogP contribution in [-0.2, 0) is 28.9 Å². The third kappa shape index (κ3) is 6.58. The van der Waals surface area contributed by atoms with Crippen molar-refractivity contribution in [2.45, 2.75) is 32.4 Å². The third-order valence-corrected chi connectivity index (χ3v) is 3.90. The molecule has 0 saturated carbocycles. The monoisotopic (exact) mass is 376 g/mol. The second kappa shape index (κ2) is 9.46. The average Bonchev–Trinajstić information content (AvgIpc) is 2.77. The quantitative estimate of drug-likeness (QED) is 0.852. The predicted molar refractivity (Wildman–Crippen MR) is 87.6 cm³/mol. The van der Waals surface area contributed by atoms with Gasteiger partial charge in [-0.2, -0.15) is 13.2 Å². The first-order valence-electron chi connectivity index (χ1n) is 8.10. The third-order valence-electron chi connectivity index (χ3n) is 3.90. The number of rotatable bonds is 3. The minimum Gasteiger partial charge on any atom is -0.475 e. The van der Waals surface area contributed by atoms with Gasteiger partial charge in [-0.25, -0.2) is 14.8 Å². The number of carboxylic acids is 1. The zero-order chi connectivity index (χ0) is 19.9. The largest absolute Gasteiger partial charge is 0.490 e. The molecule has 2 rings (SSSR count). The number of carboxylic acid groups (broad SMARTS) is 1. The van der Waals surface area contributed by atoms with Gasteiger partial charge in [0.2, 0.25) is 5.91 Å². The first-order valence-corrected chi connectivity index (χ1v) is 8.10. The van der Waals surface area contributed by atoms with Crippen LogP contribution in [0.3, 0.4) is 0 Å². The molecule has 1 aliphatic rings. The molecular formula is C16H23F3N4O3. The van der Waals surface area contributed by atoms with Crippen LogP contribution < -0.4 is 0 Å². The van der Waals surface area contributed by atoms with E-state index in [2.05, 4.69) is 21.8 Å². The van der Waals surface area contributed by atoms with Crippen LogP contribution in [0, 0.1) is 0 Å². The molecule has 0 aromatic carbocycles. The standard InChI is InChI=1S/C14H22N4O.C2HF3O2/c1-4-12-11-5-7-18(9-14(19)17(2)3)8-6-13(11)16-10-15-12;3-2(4,5)1(6)7/h10H,4-9H2,1-3H3;(H,6,7). The Kier molecular flexibility index (Phi) is 7.94. The van der Waals surface area contributed by atoms with Crippen molar-refractivity contribution in [3.05, 3.63) is 23.3 Å². The van der Waals surface area contributed by atoms with Crippen molar-refractivity contribution in [2.75, 3.05) is 33.7 Å². The number of alkyl halides is 3. The lowest BCUT2D eigenvalue weighted by atomic mass is 10.1. The molecule has 0 spiro atoms. The van der Waals surface area contributed by atoms with Gasteiger partial charge < -0.3 is 10.0 Å². The summed E-state index contributed by atoms with van der Waals surface area (Å²) in [5.41, 5.74) is 3.61. The Hall–Kier alpha value is -2.23. The molecule has 0 aliphatic carbocycles. The zero-order valence-electron chi connectivity index (χ0n) is 15.0. The van der Waals surface area contributed by atoms with Crippen molar-refractivity contribution in [2.24, 2.45) is 0 Å². The smallest absolute Gasteiger partial charge is 0.475 e. The number of carbonyl (C=O) groups excluding carboxylic acids is 1. The highest BCUT2D eigenvalue weighted by atomic mass is 19.4. The van der Waals surface area contributed by atoms with E-state index >= 15 is 0 Å². The van der Waals surface area contributed by atoms with E-state index in [9.17, 15) is 18.0 Å². The van der Waals surface area contributed by atoms with E-state index in [1.54, 1.807) is 25.3 Å². The van der Waals surface area contributed by atoms with Gasteiger partial charge in [0.1, 0.15) is 6.33 Å². The van der Waals surface area contributed by atoms with E-state index in [-0.39, 0.29) is 5.91 Å². The minimum absolute atomic E-state index is 0.160. The fourth-order valence-electron chi connectivity index (χ4n) is 2.44. The molecule has 146 valence electrons. The van der Waals surface area contributed by atoms with E-state index in [1.807, 2.05) is 0 Å². The molecule has 0 unspecified atom stereocenters. The SMILES string of the molecule is CCc1ncnc2c1CCN(CC(=O)N(C)C)CC2.O=C(O)C(F)(F)F. The summed E-state index contributed by atoms with van der Waals surface area (Å²) in [6.07, 6.45) is -0.620. The maximum atomic E-state index is 11.8. The fourth-order valence-corrected chi connectivity index (χ4v) is 2.44. The summed E-state index contributed by atoms with van der Waals surface area (Å²) in [6, 6.07) is 0. The van der Waals surface area contributed by atoms with Crippen molar-refractivity contribution in [3.63, 3.8) is 0 Å². The van der Waals surface area contributed by atoms with E-state index in [0.717, 1.165) is 43.7 Å². The molecule has 1 amide bonds. The molecule has 0 bridgehead atoms. The highest BCUT2D eigenvalue weighted by Gasteiger charge is 2.38. The number of halogens is 3. The van der Waals surface area contributed by atoms with Crippen molar-refractivity contribution in [1.82, 2.24) is 19.8 Å². The Labute approximate surface area is 149 Å². The summed E-state index contributed by atoms with van der Waals surface area (Å²) >= 11 is 0. The van der Waals surface area contributed by atoms with E-state index in [1.165, 1.54) is 5.56 Å². The van der Waals surface area contributed by atoms with Crippen molar-refractivity contribution < 1.29 is 27.9 Å². The van der Waals surface area contributed by atoms with Crippen molar-refractivity contribution in [1.29, 1.82) is 0 Å². The lowest BCUT2D eigenvalue weighted by Gasteiger charge is -2.21. The molecule has 7 nitrogen and oxygen atoms in total. The minimum atomic E-state index is -5.08. The number of aromatic nitrogens is 2. The molecule has 1 aliphatic heterocycles. The lowest BCUT2D eigenvalue weighted by Crippen LogP contribution is -2.37. The van der Waals surface area contributed by atoms with Gasteiger partial charge in [-0.3, -0.25) is 9.69 Å². The van der Waals surface area contributed by atoms with Crippen LogP contribution in [0.4, 0.5) is 13.2 Å². The van der Waals surface area contributed by atoms with Crippen LogP contribution in [0.15, 0.2) is 6.33 Å². The number of aryl methyl sites for hydroxylation is 1. The molecule has 0 saturated heterocycles. The molecule has 2 heterocycles. The Balaban J connectivity index is 0.000000412. The Morgan fingerprint density at radius 2 is 1.81 bits per heavy atom. The predicted octanol–water partition coefficient (Wildman–Crippen LogP) is 1.16. The van der Waals surface area contributed by atoms with Gasteiger partial charge in [-0.1, -0.05) is 6.92 Å². The van der Waals surface area contributed by atoms with Crippen LogP contribution in [0.1, 0.15) is 23.9 Å². The molecule has 1 N–H and O–H groups in total. The van der Waals surface area contributed by atoms with Crippen molar-refractivity contribution in [3.8, 4) is 0 Å². The summed E-state index contributed by atoms with van der Waals surface area (Å²) in [4.78, 5) is 33.3. The molecular weight excluding hydrogens is 353 g/mol. The molecule has 1 aromatic heterocycles. The van der Waals surface area contributed by atoms with Crippen LogP contribution in [0.25, 0.3) is 0 Å². The second-order valence-corrected chi connectivity index (χ2v) is 5.97. The first-order chi connectivity index (χ1) is 12.1. The van der Waals surface area contributed by atoms with Crippen LogP contribution in [0.2, 0.25) is 0 Å². The van der Waals surface area contributed by atoms with Gasteiger partial charge in [-0.15, -0.1) is 0 Å². The van der Waals surface area contributed by atoms with Gasteiger partial charge in [0.25, 0.3) is 0 Å². The van der Waals surface area contributed by atoms with Crippen LogP contribution >= 0.6 is 0 Å². The topological polar surface area (TPSA) is 86.6 Å². The molecule has 0 fully saturated rings. The number of carbonyl (C=O) groups is 2. The summed E-state index contributed by atoms with van der Waals surface area (Å²) in [7, 11) is 3.60. The molecule has 10 heteroatoms. The number of hydrogen-bond acceptors (Lipinski definition) is 5. The Morgan fingerprint density at radius 1 is 1.23 bits per heavy atom. The zero-order valence-corrected chi connectivity index (χ0v) is 15.0. The molecule has 0 radical (unpaired) electrons. The van der Waals surface area contributed by atoms with E-state index in [4.69, 9.17) is 9.90 Å². The highest BCUT2D eigenvalue weighted by molar-refractivity contribution is 5.77. The van der Waals surface area contributed by atoms with Crippen molar-refractivity contribution >= 4 is 11.9 Å². The Morgan fingerprint density at radius 3 is 2.31 bits per heavy atom. The number of aliphatic carboxylic acids is 1. The summed E-state index contributed by atoms with van der Waals surface area (Å²) in [6.45, 7) is 4.43. The fraction of sp³-hybridized carbons (Fsp3) is 0.625. The first kappa shape index (κ1) is 21.8. The maximum Gasteiger partial charge on any atom is 0.490 e. The van der Waals surface area contributed by atoms with E-state index < -0.39 is 12.1 Å². The average molecular weight is 376 g/mol. The summed E-state index contributed by atoms with van der Waals surface area (Å²) in [5.74, 6) is -2.60. The van der Waals surface area contributed by atoms with Gasteiger partial charge in [0.05, 0.1) is 6.54 Å². The van der Waals surface area contributed by atoms with E-state index in [0.29, 0.717) is 6.54 Å². The number of hydrogen-bond donors (Lipinski definition) is 1. The molecule has 26 heavy (non-hydrogen) atoms. The second-order valence-electron chi connectivity index (χ2n) is 5.97. The number of nitrogens with zero attached hydrogens (tertiary/aromatic N) is 4. The van der Waals surface area contributed by atoms with Crippen LogP contribution in [-0.4, -0.2) is 76.7 Å². The Bertz CT molecular complexity index is 636. The number of amides is 1. The maximum absolute atomic E-state index is 11.8. The molecule has 1 aromatic rings. The number of likely N-dealkylation sites (N-methyl/N-ethyl adjacent to an activating group) is 1. The van der Waals surface area contributed by atoms with Gasteiger partial charge in [0, 0.05) is 45.0 Å². The van der Waals surface area contributed by atoms with Gasteiger partial charge >= 0.3 is 12.1 Å². The number of fused-ring (bicyclic) bond motifs is 1. The van der Waals surface area contributed by atoms with Crippen LogP contribution in [0.5, 0.6) is 0 Å². The van der Waals surface area contributed by atoms with Gasteiger partial charge in [0.15, 0.2) is 0 Å². The normalized spacial score (nSPS) is 14.5. The summed E-state index contributed by atoms with van der Waals surface area (Å²) < 4.78 is 31.7. The molecule has 0 atom stereocenters. The lowest BCUT2D eigenvalue weighted by molar-refractivity contribution is -0.192. The summed E-state index contributed by atoms with van der Waals surface area (Å²) in [5, 5.41) is 7.12.